The maximum absolute atomic E-state index is 11.8. The van der Waals surface area contributed by atoms with E-state index in [1.807, 2.05) is 37.2 Å². The molecule has 1 fully saturated rings. The van der Waals surface area contributed by atoms with Crippen molar-refractivity contribution in [1.82, 2.24) is 4.90 Å². The molecule has 0 spiro atoms. The van der Waals surface area contributed by atoms with Gasteiger partial charge in [-0.05, 0) is 32.0 Å². The second-order valence-corrected chi connectivity index (χ2v) is 4.56. The first-order valence-corrected chi connectivity index (χ1v) is 5.41. The number of likely N-dealkylation sites (N-methyl/N-ethyl adjacent to an activating group) is 1. The van der Waals surface area contributed by atoms with Crippen LogP contribution < -0.4 is 0 Å². The summed E-state index contributed by atoms with van der Waals surface area (Å²) < 4.78 is 0. The smallest absolute Gasteiger partial charge is 0.150 e. The van der Waals surface area contributed by atoms with Gasteiger partial charge in [-0.2, -0.15) is 0 Å². The number of Topliss-reactive ketones (excluding diaryl/α,β-unsaturated/α-hetero) is 1. The van der Waals surface area contributed by atoms with E-state index in [2.05, 4.69) is 12.1 Å². The van der Waals surface area contributed by atoms with Crippen molar-refractivity contribution in [1.29, 1.82) is 0 Å². The SMILES string of the molecule is CN(C)CC(=O)C1CC1c1ccccc1. The highest BCUT2D eigenvalue weighted by molar-refractivity contribution is 5.86. The Labute approximate surface area is 90.9 Å². The van der Waals surface area contributed by atoms with Gasteiger partial charge in [0.05, 0.1) is 6.54 Å². The molecule has 0 aliphatic heterocycles. The van der Waals surface area contributed by atoms with E-state index in [-0.39, 0.29) is 5.92 Å². The highest BCUT2D eigenvalue weighted by Crippen LogP contribution is 2.47. The summed E-state index contributed by atoms with van der Waals surface area (Å²) in [5.74, 6) is 1.14. The van der Waals surface area contributed by atoms with Gasteiger partial charge in [0.1, 0.15) is 0 Å². The quantitative estimate of drug-likeness (QED) is 0.745. The molecule has 15 heavy (non-hydrogen) atoms. The van der Waals surface area contributed by atoms with Crippen molar-refractivity contribution in [3.63, 3.8) is 0 Å². The van der Waals surface area contributed by atoms with Gasteiger partial charge in [-0.25, -0.2) is 0 Å². The van der Waals surface area contributed by atoms with Crippen LogP contribution >= 0.6 is 0 Å². The summed E-state index contributed by atoms with van der Waals surface area (Å²) in [5.41, 5.74) is 1.31. The number of carbonyl (C=O) groups is 1. The van der Waals surface area contributed by atoms with E-state index in [1.54, 1.807) is 0 Å². The molecule has 1 aromatic carbocycles. The number of ketones is 1. The number of carbonyl (C=O) groups excluding carboxylic acids is 1. The molecular formula is C13H17NO. The lowest BCUT2D eigenvalue weighted by Crippen LogP contribution is -2.23. The first-order chi connectivity index (χ1) is 7.18. The average molecular weight is 203 g/mol. The maximum Gasteiger partial charge on any atom is 0.150 e. The van der Waals surface area contributed by atoms with Crippen LogP contribution in [0.5, 0.6) is 0 Å². The van der Waals surface area contributed by atoms with Gasteiger partial charge in [-0.1, -0.05) is 30.3 Å². The highest BCUT2D eigenvalue weighted by Gasteiger charge is 2.43. The van der Waals surface area contributed by atoms with E-state index in [4.69, 9.17) is 0 Å². The molecule has 2 atom stereocenters. The van der Waals surface area contributed by atoms with Gasteiger partial charge in [0.25, 0.3) is 0 Å². The van der Waals surface area contributed by atoms with Gasteiger partial charge in [-0.3, -0.25) is 4.79 Å². The molecule has 2 unspecified atom stereocenters. The fourth-order valence-corrected chi connectivity index (χ4v) is 2.05. The van der Waals surface area contributed by atoms with Crippen LogP contribution in [0.3, 0.4) is 0 Å². The molecule has 1 aliphatic carbocycles. The molecule has 80 valence electrons. The summed E-state index contributed by atoms with van der Waals surface area (Å²) >= 11 is 0. The first kappa shape index (κ1) is 10.4. The van der Waals surface area contributed by atoms with E-state index >= 15 is 0 Å². The molecule has 0 radical (unpaired) electrons. The largest absolute Gasteiger partial charge is 0.302 e. The van der Waals surface area contributed by atoms with Crippen molar-refractivity contribution in [2.24, 2.45) is 5.92 Å². The topological polar surface area (TPSA) is 20.3 Å². The van der Waals surface area contributed by atoms with Crippen LogP contribution in [0.15, 0.2) is 30.3 Å². The van der Waals surface area contributed by atoms with E-state index in [0.29, 0.717) is 18.2 Å². The Bertz CT molecular complexity index is 345. The molecule has 0 heterocycles. The molecule has 0 aromatic heterocycles. The van der Waals surface area contributed by atoms with Crippen LogP contribution in [0.2, 0.25) is 0 Å². The highest BCUT2D eigenvalue weighted by atomic mass is 16.1. The van der Waals surface area contributed by atoms with Crippen molar-refractivity contribution in [3.8, 4) is 0 Å². The maximum atomic E-state index is 11.8. The molecule has 1 saturated carbocycles. The monoisotopic (exact) mass is 203 g/mol. The lowest BCUT2D eigenvalue weighted by atomic mass is 10.1. The lowest BCUT2D eigenvalue weighted by Gasteiger charge is -2.07. The van der Waals surface area contributed by atoms with Gasteiger partial charge in [0, 0.05) is 5.92 Å². The summed E-state index contributed by atoms with van der Waals surface area (Å²) in [5, 5.41) is 0. The number of nitrogens with zero attached hydrogens (tertiary/aromatic N) is 1. The van der Waals surface area contributed by atoms with Crippen LogP contribution in [-0.4, -0.2) is 31.3 Å². The van der Waals surface area contributed by atoms with Crippen molar-refractivity contribution in [2.75, 3.05) is 20.6 Å². The normalized spacial score (nSPS) is 24.2. The zero-order valence-corrected chi connectivity index (χ0v) is 9.31. The zero-order valence-electron chi connectivity index (χ0n) is 9.31. The molecule has 0 amide bonds. The Hall–Kier alpha value is -1.15. The van der Waals surface area contributed by atoms with Gasteiger partial charge in [0.15, 0.2) is 5.78 Å². The molecule has 2 rings (SSSR count). The first-order valence-electron chi connectivity index (χ1n) is 5.41. The third-order valence-electron chi connectivity index (χ3n) is 2.90. The number of hydrogen-bond donors (Lipinski definition) is 0. The van der Waals surface area contributed by atoms with Gasteiger partial charge in [0.2, 0.25) is 0 Å². The Morgan fingerprint density at radius 2 is 2.00 bits per heavy atom. The molecular weight excluding hydrogens is 186 g/mol. The van der Waals surface area contributed by atoms with Crippen LogP contribution in [0.1, 0.15) is 17.9 Å². The van der Waals surface area contributed by atoms with Crippen molar-refractivity contribution >= 4 is 5.78 Å². The fraction of sp³-hybridized carbons (Fsp3) is 0.462. The summed E-state index contributed by atoms with van der Waals surface area (Å²) in [6, 6.07) is 10.3. The van der Waals surface area contributed by atoms with Gasteiger partial charge < -0.3 is 4.90 Å². The molecule has 0 N–H and O–H groups in total. The van der Waals surface area contributed by atoms with Crippen LogP contribution in [0, 0.1) is 5.92 Å². The summed E-state index contributed by atoms with van der Waals surface area (Å²) in [4.78, 5) is 13.7. The lowest BCUT2D eigenvalue weighted by molar-refractivity contribution is -0.120. The molecule has 2 nitrogen and oxygen atoms in total. The second kappa shape index (κ2) is 4.15. The predicted molar refractivity (Wildman–Crippen MR) is 60.9 cm³/mol. The predicted octanol–water partition coefficient (Wildman–Crippen LogP) is 1.92. The van der Waals surface area contributed by atoms with Gasteiger partial charge in [-0.15, -0.1) is 0 Å². The Morgan fingerprint density at radius 3 is 2.60 bits per heavy atom. The van der Waals surface area contributed by atoms with Crippen molar-refractivity contribution in [2.45, 2.75) is 12.3 Å². The Balaban J connectivity index is 1.94. The second-order valence-electron chi connectivity index (χ2n) is 4.56. The minimum Gasteiger partial charge on any atom is -0.302 e. The fourth-order valence-electron chi connectivity index (χ4n) is 2.05. The van der Waals surface area contributed by atoms with E-state index in [1.165, 1.54) is 5.56 Å². The summed E-state index contributed by atoms with van der Waals surface area (Å²) in [7, 11) is 3.88. The van der Waals surface area contributed by atoms with Crippen LogP contribution in [-0.2, 0) is 4.79 Å². The average Bonchev–Trinajstić information content (AvgIpc) is 2.97. The molecule has 0 bridgehead atoms. The summed E-state index contributed by atoms with van der Waals surface area (Å²) in [6.45, 7) is 0.577. The van der Waals surface area contributed by atoms with Crippen molar-refractivity contribution in [3.05, 3.63) is 35.9 Å². The number of benzene rings is 1. The minimum absolute atomic E-state index is 0.273. The third kappa shape index (κ3) is 2.45. The molecule has 2 heteroatoms. The van der Waals surface area contributed by atoms with Gasteiger partial charge >= 0.3 is 0 Å². The van der Waals surface area contributed by atoms with E-state index in [0.717, 1.165) is 6.42 Å². The van der Waals surface area contributed by atoms with E-state index < -0.39 is 0 Å². The number of rotatable bonds is 4. The zero-order chi connectivity index (χ0) is 10.8. The minimum atomic E-state index is 0.273. The molecule has 1 aliphatic rings. The molecule has 0 saturated heterocycles. The Kier molecular flexibility index (Phi) is 2.87. The third-order valence-corrected chi connectivity index (χ3v) is 2.90. The van der Waals surface area contributed by atoms with Crippen molar-refractivity contribution < 1.29 is 4.79 Å². The van der Waals surface area contributed by atoms with Crippen LogP contribution in [0.4, 0.5) is 0 Å². The summed E-state index contributed by atoms with van der Waals surface area (Å²) in [6.07, 6.45) is 1.04. The molecule has 1 aromatic rings. The number of hydrogen-bond acceptors (Lipinski definition) is 2. The standard InChI is InChI=1S/C13H17NO/c1-14(2)9-13(15)12-8-11(12)10-6-4-3-5-7-10/h3-7,11-12H,8-9H2,1-2H3. The Morgan fingerprint density at radius 1 is 1.33 bits per heavy atom. The van der Waals surface area contributed by atoms with Crippen LogP contribution in [0.25, 0.3) is 0 Å². The van der Waals surface area contributed by atoms with E-state index in [9.17, 15) is 4.79 Å².